The third kappa shape index (κ3) is 5.21. The first-order chi connectivity index (χ1) is 8.77. The van der Waals surface area contributed by atoms with Crippen LogP contribution in [0.1, 0.15) is 33.1 Å². The second-order valence-electron chi connectivity index (χ2n) is 4.37. The minimum absolute atomic E-state index is 0.151. The van der Waals surface area contributed by atoms with Crippen LogP contribution in [0.5, 0.6) is 0 Å². The molecule has 0 atom stereocenters. The summed E-state index contributed by atoms with van der Waals surface area (Å²) in [6, 6.07) is 10.2. The molecule has 1 N–H and O–H groups in total. The molecule has 3 heteroatoms. The fourth-order valence-electron chi connectivity index (χ4n) is 1.84. The van der Waals surface area contributed by atoms with E-state index in [2.05, 4.69) is 36.2 Å². The number of carbonyl (C=O) groups excluding carboxylic acids is 1. The van der Waals surface area contributed by atoms with Gasteiger partial charge in [0.1, 0.15) is 0 Å². The van der Waals surface area contributed by atoms with Gasteiger partial charge in [0.25, 0.3) is 0 Å². The number of nitrogens with zero attached hydrogens (tertiary/aromatic N) is 1. The van der Waals surface area contributed by atoms with Crippen molar-refractivity contribution in [3.05, 3.63) is 30.3 Å². The Morgan fingerprint density at radius 2 is 1.94 bits per heavy atom. The largest absolute Gasteiger partial charge is 0.371 e. The summed E-state index contributed by atoms with van der Waals surface area (Å²) in [5.74, 6) is 0.151. The fraction of sp³-hybridized carbons (Fsp3) is 0.533. The second kappa shape index (κ2) is 8.56. The van der Waals surface area contributed by atoms with Gasteiger partial charge in [0.15, 0.2) is 0 Å². The molecule has 0 unspecified atom stereocenters. The van der Waals surface area contributed by atoms with Crippen LogP contribution < -0.4 is 10.2 Å². The van der Waals surface area contributed by atoms with E-state index in [1.807, 2.05) is 18.2 Å². The molecule has 0 radical (unpaired) electrons. The highest BCUT2D eigenvalue weighted by atomic mass is 16.1. The molecule has 1 aromatic carbocycles. The summed E-state index contributed by atoms with van der Waals surface area (Å²) in [6.45, 7) is 6.74. The first-order valence-electron chi connectivity index (χ1n) is 6.84. The van der Waals surface area contributed by atoms with E-state index in [1.165, 1.54) is 5.69 Å². The number of carbonyl (C=O) groups is 1. The molecule has 0 aliphatic carbocycles. The van der Waals surface area contributed by atoms with E-state index in [4.69, 9.17) is 0 Å². The molecule has 0 spiro atoms. The molecule has 0 saturated carbocycles. The van der Waals surface area contributed by atoms with Crippen LogP contribution in [0.25, 0.3) is 0 Å². The van der Waals surface area contributed by atoms with E-state index in [0.717, 1.165) is 32.5 Å². The molecule has 1 rings (SSSR count). The lowest BCUT2D eigenvalue weighted by molar-refractivity contribution is -0.120. The van der Waals surface area contributed by atoms with Gasteiger partial charge in [-0.25, -0.2) is 0 Å². The van der Waals surface area contributed by atoms with Crippen molar-refractivity contribution >= 4 is 11.6 Å². The Bertz CT molecular complexity index is 338. The SMILES string of the molecule is CCCCNC(=O)CCN(CC)c1ccccc1. The van der Waals surface area contributed by atoms with Crippen molar-refractivity contribution < 1.29 is 4.79 Å². The second-order valence-corrected chi connectivity index (χ2v) is 4.37. The number of benzene rings is 1. The standard InChI is InChI=1S/C15H24N2O/c1-3-5-12-16-15(18)11-13-17(4-2)14-9-7-6-8-10-14/h6-10H,3-5,11-13H2,1-2H3,(H,16,18). The van der Waals surface area contributed by atoms with Gasteiger partial charge in [-0.1, -0.05) is 31.5 Å². The maximum absolute atomic E-state index is 11.6. The molecular formula is C15H24N2O. The Morgan fingerprint density at radius 3 is 2.56 bits per heavy atom. The average molecular weight is 248 g/mol. The van der Waals surface area contributed by atoms with Gasteiger partial charge in [0, 0.05) is 31.7 Å². The zero-order valence-electron chi connectivity index (χ0n) is 11.5. The van der Waals surface area contributed by atoms with Crippen molar-refractivity contribution in [2.24, 2.45) is 0 Å². The number of rotatable bonds is 8. The van der Waals surface area contributed by atoms with Crippen LogP contribution in [0.3, 0.4) is 0 Å². The number of anilines is 1. The van der Waals surface area contributed by atoms with Crippen LogP contribution in [0.2, 0.25) is 0 Å². The van der Waals surface area contributed by atoms with Crippen molar-refractivity contribution in [1.29, 1.82) is 0 Å². The quantitative estimate of drug-likeness (QED) is 0.717. The number of hydrogen-bond acceptors (Lipinski definition) is 2. The first-order valence-corrected chi connectivity index (χ1v) is 6.84. The number of nitrogens with one attached hydrogen (secondary N) is 1. The highest BCUT2D eigenvalue weighted by Gasteiger charge is 2.06. The molecule has 3 nitrogen and oxygen atoms in total. The molecule has 0 bridgehead atoms. The first kappa shape index (κ1) is 14.6. The number of hydrogen-bond donors (Lipinski definition) is 1. The van der Waals surface area contributed by atoms with Crippen molar-refractivity contribution in [1.82, 2.24) is 5.32 Å². The molecule has 0 saturated heterocycles. The van der Waals surface area contributed by atoms with E-state index in [0.29, 0.717) is 6.42 Å². The fourth-order valence-corrected chi connectivity index (χ4v) is 1.84. The van der Waals surface area contributed by atoms with E-state index in [-0.39, 0.29) is 5.91 Å². The summed E-state index contributed by atoms with van der Waals surface area (Å²) in [4.78, 5) is 13.9. The predicted molar refractivity (Wildman–Crippen MR) is 76.9 cm³/mol. The number of para-hydroxylation sites is 1. The van der Waals surface area contributed by atoms with Gasteiger partial charge in [0.05, 0.1) is 0 Å². The van der Waals surface area contributed by atoms with Crippen molar-refractivity contribution in [2.45, 2.75) is 33.1 Å². The molecule has 1 aromatic rings. The van der Waals surface area contributed by atoms with Gasteiger partial charge in [-0.3, -0.25) is 4.79 Å². The zero-order chi connectivity index (χ0) is 13.2. The van der Waals surface area contributed by atoms with Crippen LogP contribution in [0.15, 0.2) is 30.3 Å². The van der Waals surface area contributed by atoms with Crippen LogP contribution in [-0.2, 0) is 4.79 Å². The Hall–Kier alpha value is -1.51. The van der Waals surface area contributed by atoms with Crippen LogP contribution in [0, 0.1) is 0 Å². The Kier molecular flexibility index (Phi) is 6.92. The maximum Gasteiger partial charge on any atom is 0.221 e. The lowest BCUT2D eigenvalue weighted by atomic mass is 10.2. The summed E-state index contributed by atoms with van der Waals surface area (Å²) < 4.78 is 0. The molecule has 100 valence electrons. The van der Waals surface area contributed by atoms with Crippen molar-refractivity contribution in [3.8, 4) is 0 Å². The monoisotopic (exact) mass is 248 g/mol. The molecule has 0 aliphatic heterocycles. The minimum Gasteiger partial charge on any atom is -0.371 e. The molecule has 1 amide bonds. The average Bonchev–Trinajstić information content (AvgIpc) is 2.41. The van der Waals surface area contributed by atoms with Crippen LogP contribution in [-0.4, -0.2) is 25.5 Å². The molecule has 0 fully saturated rings. The molecular weight excluding hydrogens is 224 g/mol. The third-order valence-corrected chi connectivity index (χ3v) is 2.96. The summed E-state index contributed by atoms with van der Waals surface area (Å²) in [5.41, 5.74) is 1.18. The smallest absolute Gasteiger partial charge is 0.221 e. The van der Waals surface area contributed by atoms with Gasteiger partial charge in [-0.05, 0) is 25.5 Å². The van der Waals surface area contributed by atoms with E-state index >= 15 is 0 Å². The highest BCUT2D eigenvalue weighted by molar-refractivity contribution is 5.76. The minimum atomic E-state index is 0.151. The molecule has 0 heterocycles. The number of amides is 1. The van der Waals surface area contributed by atoms with Gasteiger partial charge in [0.2, 0.25) is 5.91 Å². The zero-order valence-corrected chi connectivity index (χ0v) is 11.5. The maximum atomic E-state index is 11.6. The van der Waals surface area contributed by atoms with Crippen LogP contribution in [0.4, 0.5) is 5.69 Å². The highest BCUT2D eigenvalue weighted by Crippen LogP contribution is 2.12. The Morgan fingerprint density at radius 1 is 1.22 bits per heavy atom. The van der Waals surface area contributed by atoms with Gasteiger partial charge >= 0.3 is 0 Å². The van der Waals surface area contributed by atoms with Gasteiger partial charge in [-0.2, -0.15) is 0 Å². The molecule has 18 heavy (non-hydrogen) atoms. The van der Waals surface area contributed by atoms with E-state index in [9.17, 15) is 4.79 Å². The Labute approximate surface area is 110 Å². The summed E-state index contributed by atoms with van der Waals surface area (Å²) in [6.07, 6.45) is 2.74. The third-order valence-electron chi connectivity index (χ3n) is 2.96. The molecule has 0 aliphatic rings. The predicted octanol–water partition coefficient (Wildman–Crippen LogP) is 2.82. The lowest BCUT2D eigenvalue weighted by Gasteiger charge is -2.22. The summed E-state index contributed by atoms with van der Waals surface area (Å²) >= 11 is 0. The van der Waals surface area contributed by atoms with Crippen LogP contribution >= 0.6 is 0 Å². The normalized spacial score (nSPS) is 10.1. The summed E-state index contributed by atoms with van der Waals surface area (Å²) in [7, 11) is 0. The lowest BCUT2D eigenvalue weighted by Crippen LogP contribution is -2.31. The van der Waals surface area contributed by atoms with Crippen molar-refractivity contribution in [2.75, 3.05) is 24.5 Å². The Balaban J connectivity index is 2.34. The summed E-state index contributed by atoms with van der Waals surface area (Å²) in [5, 5.41) is 2.95. The topological polar surface area (TPSA) is 32.3 Å². The van der Waals surface area contributed by atoms with E-state index in [1.54, 1.807) is 0 Å². The molecule has 0 aromatic heterocycles. The van der Waals surface area contributed by atoms with Crippen molar-refractivity contribution in [3.63, 3.8) is 0 Å². The number of unbranched alkanes of at least 4 members (excludes halogenated alkanes) is 1. The van der Waals surface area contributed by atoms with Gasteiger partial charge in [-0.15, -0.1) is 0 Å². The van der Waals surface area contributed by atoms with E-state index < -0.39 is 0 Å². The van der Waals surface area contributed by atoms with Gasteiger partial charge < -0.3 is 10.2 Å².